The lowest BCUT2D eigenvalue weighted by Gasteiger charge is -2.15. The van der Waals surface area contributed by atoms with Crippen LogP contribution in [0.1, 0.15) is 18.4 Å². The van der Waals surface area contributed by atoms with Crippen LogP contribution in [-0.4, -0.2) is 24.0 Å². The fourth-order valence-electron chi connectivity index (χ4n) is 1.83. The van der Waals surface area contributed by atoms with E-state index in [2.05, 4.69) is 14.9 Å². The van der Waals surface area contributed by atoms with Gasteiger partial charge in [-0.2, -0.15) is 0 Å². The highest BCUT2D eigenvalue weighted by atomic mass is 15.2. The van der Waals surface area contributed by atoms with E-state index in [1.165, 1.54) is 12.8 Å². The molecule has 0 atom stereocenters. The van der Waals surface area contributed by atoms with Crippen molar-refractivity contribution in [1.82, 2.24) is 4.98 Å². The van der Waals surface area contributed by atoms with Crippen LogP contribution in [0.15, 0.2) is 23.3 Å². The molecule has 4 N–H and O–H groups in total. The zero-order valence-corrected chi connectivity index (χ0v) is 9.26. The molecule has 1 fully saturated rings. The quantitative estimate of drug-likeness (QED) is 0.571. The lowest BCUT2D eigenvalue weighted by atomic mass is 10.3. The molecule has 1 aliphatic heterocycles. The van der Waals surface area contributed by atoms with Crippen LogP contribution in [0.3, 0.4) is 0 Å². The molecule has 0 bridgehead atoms. The molecule has 0 radical (unpaired) electrons. The third-order valence-corrected chi connectivity index (χ3v) is 2.68. The van der Waals surface area contributed by atoms with E-state index < -0.39 is 0 Å². The van der Waals surface area contributed by atoms with Crippen molar-refractivity contribution in [2.24, 2.45) is 16.5 Å². The summed E-state index contributed by atoms with van der Waals surface area (Å²) in [5, 5.41) is 0. The van der Waals surface area contributed by atoms with E-state index in [9.17, 15) is 0 Å². The second kappa shape index (κ2) is 4.83. The Balaban J connectivity index is 2.01. The topological polar surface area (TPSA) is 80.5 Å². The number of aromatic nitrogens is 1. The van der Waals surface area contributed by atoms with Crippen LogP contribution in [0.4, 0.5) is 5.82 Å². The lowest BCUT2D eigenvalue weighted by Crippen LogP contribution is -2.22. The number of anilines is 1. The third kappa shape index (κ3) is 2.62. The fourth-order valence-corrected chi connectivity index (χ4v) is 1.83. The van der Waals surface area contributed by atoms with Gasteiger partial charge in [0.2, 0.25) is 0 Å². The lowest BCUT2D eigenvalue weighted by molar-refractivity contribution is 0.928. The van der Waals surface area contributed by atoms with Gasteiger partial charge in [-0.1, -0.05) is 6.07 Å². The second-order valence-corrected chi connectivity index (χ2v) is 3.96. The number of guanidine groups is 1. The Kier molecular flexibility index (Phi) is 3.24. The highest BCUT2D eigenvalue weighted by Crippen LogP contribution is 2.17. The molecule has 2 heterocycles. The normalized spacial score (nSPS) is 15.1. The van der Waals surface area contributed by atoms with Crippen LogP contribution >= 0.6 is 0 Å². The molecule has 5 nitrogen and oxygen atoms in total. The molecule has 1 aliphatic rings. The average molecular weight is 219 g/mol. The largest absolute Gasteiger partial charge is 0.370 e. The van der Waals surface area contributed by atoms with Crippen LogP contribution < -0.4 is 16.4 Å². The molecule has 0 unspecified atom stereocenters. The average Bonchev–Trinajstić information content (AvgIpc) is 2.80. The highest BCUT2D eigenvalue weighted by molar-refractivity contribution is 5.75. The van der Waals surface area contributed by atoms with Crippen molar-refractivity contribution in [2.45, 2.75) is 19.4 Å². The second-order valence-electron chi connectivity index (χ2n) is 3.96. The van der Waals surface area contributed by atoms with Gasteiger partial charge in [-0.25, -0.2) is 9.98 Å². The summed E-state index contributed by atoms with van der Waals surface area (Å²) in [6.45, 7) is 2.72. The van der Waals surface area contributed by atoms with Crippen molar-refractivity contribution in [1.29, 1.82) is 0 Å². The standard InChI is InChI=1S/C11H17N5/c12-11(13)15-8-9-3-4-10(14-7-9)16-5-1-2-6-16/h3-4,7H,1-2,5-6,8H2,(H4,12,13,15). The molecule has 0 saturated carbocycles. The van der Waals surface area contributed by atoms with E-state index in [0.717, 1.165) is 24.5 Å². The number of nitrogens with two attached hydrogens (primary N) is 2. The molecule has 0 aliphatic carbocycles. The summed E-state index contributed by atoms with van der Waals surface area (Å²) in [5.41, 5.74) is 11.6. The Morgan fingerprint density at radius 2 is 2.06 bits per heavy atom. The Hall–Kier alpha value is -1.78. The minimum Gasteiger partial charge on any atom is -0.370 e. The van der Waals surface area contributed by atoms with E-state index in [0.29, 0.717) is 6.54 Å². The van der Waals surface area contributed by atoms with Crippen molar-refractivity contribution in [2.75, 3.05) is 18.0 Å². The summed E-state index contributed by atoms with van der Waals surface area (Å²) in [4.78, 5) is 10.7. The Bertz CT molecular complexity index is 360. The summed E-state index contributed by atoms with van der Waals surface area (Å²) in [7, 11) is 0. The van der Waals surface area contributed by atoms with E-state index in [4.69, 9.17) is 11.5 Å². The Morgan fingerprint density at radius 3 is 2.62 bits per heavy atom. The number of hydrogen-bond donors (Lipinski definition) is 2. The van der Waals surface area contributed by atoms with E-state index in [-0.39, 0.29) is 5.96 Å². The minimum absolute atomic E-state index is 0.114. The number of aliphatic imine (C=N–C) groups is 1. The number of pyridine rings is 1. The van der Waals surface area contributed by atoms with Crippen LogP contribution in [0.25, 0.3) is 0 Å². The molecule has 86 valence electrons. The Morgan fingerprint density at radius 1 is 1.31 bits per heavy atom. The molecular formula is C11H17N5. The van der Waals surface area contributed by atoms with E-state index in [1.807, 2.05) is 18.3 Å². The summed E-state index contributed by atoms with van der Waals surface area (Å²) < 4.78 is 0. The van der Waals surface area contributed by atoms with Gasteiger partial charge < -0.3 is 16.4 Å². The van der Waals surface area contributed by atoms with Crippen molar-refractivity contribution in [3.05, 3.63) is 23.9 Å². The molecular weight excluding hydrogens is 202 g/mol. The monoisotopic (exact) mass is 219 g/mol. The van der Waals surface area contributed by atoms with Crippen molar-refractivity contribution < 1.29 is 0 Å². The summed E-state index contributed by atoms with van der Waals surface area (Å²) >= 11 is 0. The predicted octanol–water partition coefficient (Wildman–Crippen LogP) is 0.455. The molecule has 0 spiro atoms. The maximum atomic E-state index is 5.27. The van der Waals surface area contributed by atoms with E-state index >= 15 is 0 Å². The Labute approximate surface area is 95.2 Å². The molecule has 2 rings (SSSR count). The first kappa shape index (κ1) is 10.7. The van der Waals surface area contributed by atoms with Crippen molar-refractivity contribution in [3.8, 4) is 0 Å². The zero-order valence-electron chi connectivity index (χ0n) is 9.26. The molecule has 1 saturated heterocycles. The van der Waals surface area contributed by atoms with Crippen molar-refractivity contribution >= 4 is 11.8 Å². The van der Waals surface area contributed by atoms with Gasteiger partial charge in [0, 0.05) is 19.3 Å². The van der Waals surface area contributed by atoms with E-state index in [1.54, 1.807) is 0 Å². The summed E-state index contributed by atoms with van der Waals surface area (Å²) in [6.07, 6.45) is 4.36. The number of hydrogen-bond acceptors (Lipinski definition) is 3. The molecule has 1 aromatic heterocycles. The first-order chi connectivity index (χ1) is 7.75. The van der Waals surface area contributed by atoms with Crippen LogP contribution in [-0.2, 0) is 6.54 Å². The number of nitrogens with zero attached hydrogens (tertiary/aromatic N) is 3. The molecule has 16 heavy (non-hydrogen) atoms. The molecule has 5 heteroatoms. The van der Waals surface area contributed by atoms with Gasteiger partial charge in [0.1, 0.15) is 5.82 Å². The smallest absolute Gasteiger partial charge is 0.186 e. The van der Waals surface area contributed by atoms with Crippen LogP contribution in [0.2, 0.25) is 0 Å². The SMILES string of the molecule is NC(N)=NCc1ccc(N2CCCC2)nc1. The highest BCUT2D eigenvalue weighted by Gasteiger charge is 2.12. The van der Waals surface area contributed by atoms with Gasteiger partial charge >= 0.3 is 0 Å². The maximum absolute atomic E-state index is 5.27. The molecule has 0 aromatic carbocycles. The molecule has 0 amide bonds. The summed E-state index contributed by atoms with van der Waals surface area (Å²) in [5.74, 6) is 1.16. The van der Waals surface area contributed by atoms with Crippen LogP contribution in [0, 0.1) is 0 Å². The van der Waals surface area contributed by atoms with Gasteiger partial charge in [0.25, 0.3) is 0 Å². The number of rotatable bonds is 3. The minimum atomic E-state index is 0.114. The molecule has 1 aromatic rings. The predicted molar refractivity (Wildman–Crippen MR) is 65.2 cm³/mol. The maximum Gasteiger partial charge on any atom is 0.186 e. The first-order valence-corrected chi connectivity index (χ1v) is 5.51. The fraction of sp³-hybridized carbons (Fsp3) is 0.455. The zero-order chi connectivity index (χ0) is 11.4. The summed E-state index contributed by atoms with van der Waals surface area (Å²) in [6, 6.07) is 4.05. The van der Waals surface area contributed by atoms with Gasteiger partial charge in [-0.15, -0.1) is 0 Å². The van der Waals surface area contributed by atoms with Gasteiger partial charge in [-0.3, -0.25) is 0 Å². The van der Waals surface area contributed by atoms with Gasteiger partial charge in [0.15, 0.2) is 5.96 Å². The van der Waals surface area contributed by atoms with Crippen LogP contribution in [0.5, 0.6) is 0 Å². The first-order valence-electron chi connectivity index (χ1n) is 5.51. The van der Waals surface area contributed by atoms with Crippen molar-refractivity contribution in [3.63, 3.8) is 0 Å². The van der Waals surface area contributed by atoms with Gasteiger partial charge in [0.05, 0.1) is 6.54 Å². The van der Waals surface area contributed by atoms with Gasteiger partial charge in [-0.05, 0) is 24.5 Å². The third-order valence-electron chi connectivity index (χ3n) is 2.68.